The fourth-order valence-electron chi connectivity index (χ4n) is 4.10. The smallest absolute Gasteiger partial charge is 0.251 e. The number of hydrogen-bond acceptors (Lipinski definition) is 6. The summed E-state index contributed by atoms with van der Waals surface area (Å²) in [6, 6.07) is 3.78. The standard InChI is InChI=1S/C20H21Cl2FN6O2/c21-11-7-12(22)9-13(8-11)27-14-3-1-5-28(19(14)30)15-4-2-6-29(20(15)31)18-16(23)17(24)25-10-26-18/h7-10,14-15,27H,1-6H2,(H2,24,25,26)/t14?,15-/m1/s1. The molecule has 2 aliphatic heterocycles. The highest BCUT2D eigenvalue weighted by Gasteiger charge is 2.41. The second-order valence-corrected chi connectivity index (χ2v) is 8.45. The lowest BCUT2D eigenvalue weighted by Crippen LogP contribution is -2.59. The Morgan fingerprint density at radius 1 is 1.03 bits per heavy atom. The van der Waals surface area contributed by atoms with Gasteiger partial charge in [0.2, 0.25) is 11.7 Å². The number of nitrogens with two attached hydrogens (primary N) is 1. The predicted octanol–water partition coefficient (Wildman–Crippen LogP) is 3.10. The molecule has 2 saturated heterocycles. The van der Waals surface area contributed by atoms with Crippen LogP contribution in [0.3, 0.4) is 0 Å². The molecule has 1 aromatic carbocycles. The van der Waals surface area contributed by atoms with Crippen LogP contribution in [-0.2, 0) is 9.59 Å². The van der Waals surface area contributed by atoms with Crippen LogP contribution in [0.25, 0.3) is 0 Å². The third-order valence-corrected chi connectivity index (χ3v) is 5.95. The van der Waals surface area contributed by atoms with E-state index in [-0.39, 0.29) is 23.5 Å². The summed E-state index contributed by atoms with van der Waals surface area (Å²) in [4.78, 5) is 36.7. The van der Waals surface area contributed by atoms with Gasteiger partial charge in [0, 0.05) is 28.8 Å². The van der Waals surface area contributed by atoms with E-state index >= 15 is 0 Å². The summed E-state index contributed by atoms with van der Waals surface area (Å²) < 4.78 is 14.4. The number of halogens is 3. The summed E-state index contributed by atoms with van der Waals surface area (Å²) in [5.41, 5.74) is 6.16. The van der Waals surface area contributed by atoms with Crippen molar-refractivity contribution in [3.8, 4) is 0 Å². The summed E-state index contributed by atoms with van der Waals surface area (Å²) >= 11 is 12.1. The summed E-state index contributed by atoms with van der Waals surface area (Å²) in [6.45, 7) is 0.749. The van der Waals surface area contributed by atoms with Crippen molar-refractivity contribution in [3.63, 3.8) is 0 Å². The molecule has 1 aromatic heterocycles. The van der Waals surface area contributed by atoms with Crippen molar-refractivity contribution < 1.29 is 14.0 Å². The highest BCUT2D eigenvalue weighted by Crippen LogP contribution is 2.29. The number of carbonyl (C=O) groups is 2. The number of likely N-dealkylation sites (tertiary alicyclic amines) is 1. The zero-order valence-corrected chi connectivity index (χ0v) is 18.0. The van der Waals surface area contributed by atoms with Crippen molar-refractivity contribution in [2.24, 2.45) is 0 Å². The number of anilines is 3. The van der Waals surface area contributed by atoms with E-state index in [9.17, 15) is 14.0 Å². The van der Waals surface area contributed by atoms with E-state index in [0.29, 0.717) is 48.1 Å². The maximum Gasteiger partial charge on any atom is 0.251 e. The largest absolute Gasteiger partial charge is 0.381 e. The molecule has 4 rings (SSSR count). The Hall–Kier alpha value is -2.65. The van der Waals surface area contributed by atoms with E-state index < -0.39 is 17.9 Å². The molecule has 31 heavy (non-hydrogen) atoms. The molecule has 0 aliphatic carbocycles. The number of rotatable bonds is 4. The molecular weight excluding hydrogens is 446 g/mol. The van der Waals surface area contributed by atoms with Crippen molar-refractivity contribution in [1.29, 1.82) is 0 Å². The number of carbonyl (C=O) groups excluding carboxylic acids is 2. The third kappa shape index (κ3) is 4.38. The highest BCUT2D eigenvalue weighted by atomic mass is 35.5. The van der Waals surface area contributed by atoms with Crippen molar-refractivity contribution in [1.82, 2.24) is 14.9 Å². The van der Waals surface area contributed by atoms with Crippen LogP contribution in [0.4, 0.5) is 21.7 Å². The fraction of sp³-hybridized carbons (Fsp3) is 0.400. The number of nitrogens with one attached hydrogen (secondary N) is 1. The van der Waals surface area contributed by atoms with Gasteiger partial charge in [-0.1, -0.05) is 23.2 Å². The molecule has 1 unspecified atom stereocenters. The third-order valence-electron chi connectivity index (χ3n) is 5.52. The van der Waals surface area contributed by atoms with Crippen LogP contribution in [0, 0.1) is 5.82 Å². The lowest BCUT2D eigenvalue weighted by atomic mass is 9.97. The van der Waals surface area contributed by atoms with E-state index in [1.165, 1.54) is 4.90 Å². The maximum atomic E-state index is 14.4. The second-order valence-electron chi connectivity index (χ2n) is 7.57. The quantitative estimate of drug-likeness (QED) is 0.716. The summed E-state index contributed by atoms with van der Waals surface area (Å²) in [6.07, 6.45) is 3.55. The van der Waals surface area contributed by atoms with Crippen molar-refractivity contribution in [3.05, 3.63) is 40.4 Å². The van der Waals surface area contributed by atoms with Crippen LogP contribution in [0.2, 0.25) is 10.0 Å². The van der Waals surface area contributed by atoms with Gasteiger partial charge in [0.25, 0.3) is 5.91 Å². The van der Waals surface area contributed by atoms with Crippen LogP contribution in [-0.4, -0.2) is 51.9 Å². The molecule has 11 heteroatoms. The number of hydrogen-bond donors (Lipinski definition) is 2. The van der Waals surface area contributed by atoms with Gasteiger partial charge < -0.3 is 16.0 Å². The second kappa shape index (κ2) is 8.84. The van der Waals surface area contributed by atoms with Crippen LogP contribution in [0.15, 0.2) is 24.5 Å². The van der Waals surface area contributed by atoms with E-state index in [0.717, 1.165) is 12.7 Å². The Balaban J connectivity index is 1.53. The van der Waals surface area contributed by atoms with Gasteiger partial charge in [0.15, 0.2) is 11.6 Å². The molecule has 3 heterocycles. The first-order chi connectivity index (χ1) is 14.8. The topological polar surface area (TPSA) is 104 Å². The average Bonchev–Trinajstić information content (AvgIpc) is 2.72. The normalized spacial score (nSPS) is 22.0. The number of nitrogens with zero attached hydrogens (tertiary/aromatic N) is 4. The molecule has 0 spiro atoms. The molecule has 2 atom stereocenters. The molecule has 0 saturated carbocycles. The monoisotopic (exact) mass is 466 g/mol. The van der Waals surface area contributed by atoms with E-state index in [1.807, 2.05) is 0 Å². The first-order valence-corrected chi connectivity index (χ1v) is 10.7. The van der Waals surface area contributed by atoms with Crippen LogP contribution < -0.4 is 16.0 Å². The zero-order chi connectivity index (χ0) is 22.1. The van der Waals surface area contributed by atoms with E-state index in [4.69, 9.17) is 28.9 Å². The summed E-state index contributed by atoms with van der Waals surface area (Å²) in [7, 11) is 0. The van der Waals surface area contributed by atoms with Crippen LogP contribution in [0.1, 0.15) is 25.7 Å². The number of benzene rings is 1. The molecule has 0 radical (unpaired) electrons. The van der Waals surface area contributed by atoms with Gasteiger partial charge in [0.05, 0.1) is 0 Å². The SMILES string of the molecule is Nc1ncnc(N2CCC[C@@H](N3CCCC(Nc4cc(Cl)cc(Cl)c4)C3=O)C2=O)c1F. The summed E-state index contributed by atoms with van der Waals surface area (Å²) in [5.74, 6) is -1.87. The van der Waals surface area contributed by atoms with Gasteiger partial charge in [-0.3, -0.25) is 14.5 Å². The van der Waals surface area contributed by atoms with E-state index in [2.05, 4.69) is 15.3 Å². The van der Waals surface area contributed by atoms with E-state index in [1.54, 1.807) is 23.1 Å². The zero-order valence-electron chi connectivity index (χ0n) is 16.5. The molecule has 8 nitrogen and oxygen atoms in total. The Labute approximate surface area is 188 Å². The number of aromatic nitrogens is 2. The molecule has 3 N–H and O–H groups in total. The van der Waals surface area contributed by atoms with Crippen molar-refractivity contribution >= 4 is 52.3 Å². The Morgan fingerprint density at radius 3 is 2.48 bits per heavy atom. The molecule has 2 fully saturated rings. The minimum atomic E-state index is -0.834. The van der Waals surface area contributed by atoms with Gasteiger partial charge in [0.1, 0.15) is 18.4 Å². The lowest BCUT2D eigenvalue weighted by Gasteiger charge is -2.41. The fourth-order valence-corrected chi connectivity index (χ4v) is 4.62. The molecule has 2 aliphatic rings. The maximum absolute atomic E-state index is 14.4. The van der Waals surface area contributed by atoms with Gasteiger partial charge in [-0.2, -0.15) is 4.39 Å². The minimum absolute atomic E-state index is 0.157. The van der Waals surface area contributed by atoms with Crippen molar-refractivity contribution in [2.45, 2.75) is 37.8 Å². The van der Waals surface area contributed by atoms with Gasteiger partial charge in [-0.05, 0) is 43.9 Å². The molecule has 0 bridgehead atoms. The molecule has 2 aromatic rings. The predicted molar refractivity (Wildman–Crippen MR) is 117 cm³/mol. The lowest BCUT2D eigenvalue weighted by molar-refractivity contribution is -0.143. The van der Waals surface area contributed by atoms with Crippen LogP contribution in [0.5, 0.6) is 0 Å². The number of piperidine rings is 2. The molecule has 2 amide bonds. The minimum Gasteiger partial charge on any atom is -0.381 e. The van der Waals surface area contributed by atoms with Gasteiger partial charge >= 0.3 is 0 Å². The first-order valence-electron chi connectivity index (χ1n) is 9.95. The molecule has 164 valence electrons. The number of nitrogen functional groups attached to an aromatic ring is 1. The Morgan fingerprint density at radius 2 is 1.74 bits per heavy atom. The molecular formula is C20H21Cl2FN6O2. The van der Waals surface area contributed by atoms with Gasteiger partial charge in [-0.25, -0.2) is 9.97 Å². The Bertz CT molecular complexity index is 1000. The van der Waals surface area contributed by atoms with Crippen LogP contribution >= 0.6 is 23.2 Å². The first kappa shape index (κ1) is 21.6. The Kier molecular flexibility index (Phi) is 6.15. The van der Waals surface area contributed by atoms with Crippen molar-refractivity contribution in [2.75, 3.05) is 29.0 Å². The average molecular weight is 467 g/mol. The number of amides is 2. The van der Waals surface area contributed by atoms with Gasteiger partial charge in [-0.15, -0.1) is 0 Å². The summed E-state index contributed by atoms with van der Waals surface area (Å²) in [5, 5.41) is 4.09. The highest BCUT2D eigenvalue weighted by molar-refractivity contribution is 6.35.